The number of ether oxygens (including phenoxy) is 4. The summed E-state index contributed by atoms with van der Waals surface area (Å²) in [5.74, 6) is -5.95. The van der Waals surface area contributed by atoms with E-state index in [9.17, 15) is 37.4 Å². The lowest BCUT2D eigenvalue weighted by molar-refractivity contribution is -0.138. The molecular formula is C59H57ClF4N8O9. The van der Waals surface area contributed by atoms with Crippen LogP contribution in [0.5, 0.6) is 11.5 Å². The molecule has 0 bridgehead atoms. The van der Waals surface area contributed by atoms with Crippen LogP contribution in [0.2, 0.25) is 0 Å². The average molecular weight is 1130 g/mol. The largest absolute Gasteiger partial charge is 0.497 e. The fourth-order valence-corrected chi connectivity index (χ4v) is 9.66. The van der Waals surface area contributed by atoms with Gasteiger partial charge in [0.2, 0.25) is 12.5 Å². The van der Waals surface area contributed by atoms with Gasteiger partial charge in [-0.05, 0) is 83.8 Å². The highest BCUT2D eigenvalue weighted by Crippen LogP contribution is 2.47. The van der Waals surface area contributed by atoms with E-state index in [2.05, 4.69) is 30.6 Å². The fraction of sp³-hybridized carbons (Fsp3) is 0.254. The molecule has 0 radical (unpaired) electrons. The number of carbonyl (C=O) groups excluding carboxylic acids is 2. The van der Waals surface area contributed by atoms with Crippen molar-refractivity contribution in [1.29, 1.82) is 0 Å². The number of nitrogens with zero attached hydrogens (tertiary/aromatic N) is 6. The Morgan fingerprint density at radius 2 is 0.963 bits per heavy atom. The van der Waals surface area contributed by atoms with Crippen molar-refractivity contribution in [1.82, 2.24) is 29.1 Å². The van der Waals surface area contributed by atoms with Crippen LogP contribution in [0, 0.1) is 0 Å². The molecule has 6 heterocycles. The standard InChI is InChI=1S/C21H19ClO2.C19H18F2N4O3.C18H16F2N4O4.CH4/c1-23-19-12-8-17(9-13-19)21(22,16-6-4-3-5-7-16)18-10-14-20(24-2)15-11-18;1-2-13-14(26)19(20,21)18(28-13)25-9-8-12-15(22-10-23-16(12)25)24-17(27)11-6-4-3-5-7-11;19-18(20)13(26)12(8-25)28-17(18)24-7-6-11-14(21-9-22-15(11)24)23-16(27)10-4-2-1-3-5-10;/h3-15H,1-2H3;3-10,13-14,18,26H,2H2,1H3,(H,22,23,24,27);1-7,9,12-13,17,25-26H,8H2,(H,21,22,23,27);1H4/t;13-,14-,18-;12-,13-,17-;/m.11./s1. The van der Waals surface area contributed by atoms with E-state index in [0.29, 0.717) is 21.9 Å². The second-order valence-corrected chi connectivity index (χ2v) is 18.9. The molecule has 0 saturated carbocycles. The molecule has 11 rings (SSSR count). The van der Waals surface area contributed by atoms with E-state index in [4.69, 9.17) is 35.7 Å². The molecule has 6 atom stereocenters. The van der Waals surface area contributed by atoms with Crippen LogP contribution in [0.1, 0.15) is 70.6 Å². The van der Waals surface area contributed by atoms with Gasteiger partial charge in [0.1, 0.15) is 64.2 Å². The fourth-order valence-electron chi connectivity index (χ4n) is 9.28. The van der Waals surface area contributed by atoms with Gasteiger partial charge in [-0.1, -0.05) is 105 Å². The monoisotopic (exact) mass is 1130 g/mol. The van der Waals surface area contributed by atoms with E-state index < -0.39 is 66.1 Å². The van der Waals surface area contributed by atoms with E-state index in [1.807, 2.05) is 78.9 Å². The van der Waals surface area contributed by atoms with Crippen LogP contribution in [0.4, 0.5) is 29.2 Å². The lowest BCUT2D eigenvalue weighted by Crippen LogP contribution is -2.39. The summed E-state index contributed by atoms with van der Waals surface area (Å²) in [5.41, 5.74) is 4.10. The zero-order valence-electron chi connectivity index (χ0n) is 43.0. The summed E-state index contributed by atoms with van der Waals surface area (Å²) < 4.78 is 81.3. The molecule has 5 aromatic carbocycles. The summed E-state index contributed by atoms with van der Waals surface area (Å²) in [6.45, 7) is 0.916. The first kappa shape index (κ1) is 58.8. The van der Waals surface area contributed by atoms with Gasteiger partial charge in [-0.3, -0.25) is 9.59 Å². The summed E-state index contributed by atoms with van der Waals surface area (Å²) >= 11 is 7.22. The van der Waals surface area contributed by atoms with Crippen molar-refractivity contribution < 1.29 is 61.4 Å². The summed E-state index contributed by atoms with van der Waals surface area (Å²) in [6.07, 6.45) is -4.75. The van der Waals surface area contributed by atoms with Crippen molar-refractivity contribution in [3.63, 3.8) is 0 Å². The third kappa shape index (κ3) is 11.8. The molecule has 9 aromatic rings. The first-order chi connectivity index (χ1) is 38.5. The third-order valence-corrected chi connectivity index (χ3v) is 14.2. The molecule has 22 heteroatoms. The maximum absolute atomic E-state index is 14.6. The lowest BCUT2D eigenvalue weighted by Gasteiger charge is -2.29. The van der Waals surface area contributed by atoms with Crippen LogP contribution in [-0.4, -0.2) is 113 Å². The summed E-state index contributed by atoms with van der Waals surface area (Å²) in [4.78, 5) is 40.1. The summed E-state index contributed by atoms with van der Waals surface area (Å²) in [5, 5.41) is 34.8. The molecule has 0 unspecified atom stereocenters. The number of hydrogen-bond acceptors (Lipinski definition) is 13. The lowest BCUT2D eigenvalue weighted by atomic mass is 9.84. The topological polar surface area (TPSA) is 217 Å². The average Bonchev–Trinajstić information content (AvgIpc) is 4.42. The van der Waals surface area contributed by atoms with Gasteiger partial charge < -0.3 is 54.0 Å². The van der Waals surface area contributed by atoms with Crippen molar-refractivity contribution in [2.75, 3.05) is 31.5 Å². The Morgan fingerprint density at radius 1 is 0.593 bits per heavy atom. The van der Waals surface area contributed by atoms with E-state index in [0.717, 1.165) is 43.7 Å². The Bertz CT molecular complexity index is 3340. The molecule has 422 valence electrons. The molecule has 0 aliphatic carbocycles. The number of anilines is 2. The molecule has 2 aliphatic heterocycles. The SMILES string of the molecule is C.CC[C@H]1O[C@@H](n2ccc3c(NC(=O)c4ccccc4)ncnc32)C(F)(F)[C@@H]1O.COc1ccc(C(Cl)(c2ccccc2)c2ccc(OC)cc2)cc1.O=C(Nc1ncnc2c1ccn2[C@@H]1O[C@H](CO)[C@@H](O)C1(F)F)c1ccccc1. The van der Waals surface area contributed by atoms with Crippen LogP contribution in [-0.2, 0) is 14.3 Å². The number of aromatic nitrogens is 6. The van der Waals surface area contributed by atoms with Crippen molar-refractivity contribution in [3.8, 4) is 11.5 Å². The molecule has 2 amide bonds. The molecule has 2 aliphatic rings. The van der Waals surface area contributed by atoms with Crippen LogP contribution < -0.4 is 20.1 Å². The van der Waals surface area contributed by atoms with Crippen molar-refractivity contribution >= 4 is 57.1 Å². The van der Waals surface area contributed by atoms with E-state index >= 15 is 0 Å². The zero-order chi connectivity index (χ0) is 56.8. The predicted molar refractivity (Wildman–Crippen MR) is 296 cm³/mol. The Hall–Kier alpha value is -8.31. The van der Waals surface area contributed by atoms with Crippen LogP contribution >= 0.6 is 11.6 Å². The highest BCUT2D eigenvalue weighted by molar-refractivity contribution is 6.28. The minimum absolute atomic E-state index is 0. The van der Waals surface area contributed by atoms with Gasteiger partial charge in [0.15, 0.2) is 6.10 Å². The highest BCUT2D eigenvalue weighted by atomic mass is 35.5. The first-order valence-electron chi connectivity index (χ1n) is 25.0. The maximum Gasteiger partial charge on any atom is 0.320 e. The molecular weight excluding hydrogens is 1080 g/mol. The van der Waals surface area contributed by atoms with Crippen molar-refractivity contribution in [3.05, 3.63) is 205 Å². The number of aliphatic hydroxyl groups is 3. The number of aliphatic hydroxyl groups excluding tert-OH is 3. The zero-order valence-corrected chi connectivity index (χ0v) is 43.7. The third-order valence-electron chi connectivity index (χ3n) is 13.5. The van der Waals surface area contributed by atoms with Gasteiger partial charge >= 0.3 is 11.8 Å². The number of alkyl halides is 5. The smallest absolute Gasteiger partial charge is 0.320 e. The van der Waals surface area contributed by atoms with E-state index in [1.165, 1.54) is 30.9 Å². The number of hydrogen-bond donors (Lipinski definition) is 5. The quantitative estimate of drug-likeness (QED) is 0.0413. The molecule has 81 heavy (non-hydrogen) atoms. The number of fused-ring (bicyclic) bond motifs is 2. The van der Waals surface area contributed by atoms with Gasteiger partial charge in [-0.25, -0.2) is 19.9 Å². The van der Waals surface area contributed by atoms with Gasteiger partial charge in [-0.2, -0.15) is 17.6 Å². The molecule has 0 spiro atoms. The number of methoxy groups -OCH3 is 2. The van der Waals surface area contributed by atoms with Crippen LogP contribution in [0.25, 0.3) is 22.1 Å². The highest BCUT2D eigenvalue weighted by Gasteiger charge is 2.60. The molecule has 2 saturated heterocycles. The Morgan fingerprint density at radius 3 is 1.32 bits per heavy atom. The Labute approximate surface area is 467 Å². The summed E-state index contributed by atoms with van der Waals surface area (Å²) in [7, 11) is 3.31. The van der Waals surface area contributed by atoms with E-state index in [1.54, 1.807) is 81.8 Å². The molecule has 2 fully saturated rings. The number of amides is 2. The maximum atomic E-state index is 14.6. The second kappa shape index (κ2) is 25.0. The summed E-state index contributed by atoms with van der Waals surface area (Å²) in [6, 6.07) is 45.8. The molecule has 17 nitrogen and oxygen atoms in total. The number of halogens is 5. The van der Waals surface area contributed by atoms with Gasteiger partial charge in [0, 0.05) is 23.5 Å². The normalized spacial score (nSPS) is 19.7. The first-order valence-corrected chi connectivity index (χ1v) is 25.4. The van der Waals surface area contributed by atoms with Crippen molar-refractivity contribution in [2.24, 2.45) is 0 Å². The number of rotatable bonds is 13. The van der Waals surface area contributed by atoms with Gasteiger partial charge in [0.05, 0.1) is 37.7 Å². The number of nitrogens with one attached hydrogen (secondary N) is 2. The molecule has 5 N–H and O–H groups in total. The Kier molecular flexibility index (Phi) is 18.2. The number of benzene rings is 5. The van der Waals surface area contributed by atoms with Gasteiger partial charge in [-0.15, -0.1) is 11.6 Å². The van der Waals surface area contributed by atoms with Crippen LogP contribution in [0.15, 0.2) is 177 Å². The van der Waals surface area contributed by atoms with E-state index in [-0.39, 0.29) is 42.7 Å². The van der Waals surface area contributed by atoms with Gasteiger partial charge in [0.25, 0.3) is 11.8 Å². The van der Waals surface area contributed by atoms with Crippen LogP contribution in [0.3, 0.4) is 0 Å². The predicted octanol–water partition coefficient (Wildman–Crippen LogP) is 10.4. The molecule has 4 aromatic heterocycles. The number of carbonyl (C=O) groups is 2. The Balaban J connectivity index is 0.000000159. The minimum atomic E-state index is -3.64. The minimum Gasteiger partial charge on any atom is -0.497 e. The second-order valence-electron chi connectivity index (χ2n) is 18.4. The van der Waals surface area contributed by atoms with Crippen molar-refractivity contribution in [2.45, 2.75) is 74.4 Å².